The number of benzene rings is 3. The third kappa shape index (κ3) is 6.62. The van der Waals surface area contributed by atoms with Crippen LogP contribution in [0.5, 0.6) is 0 Å². The lowest BCUT2D eigenvalue weighted by molar-refractivity contribution is -0.136. The van der Waals surface area contributed by atoms with Crippen molar-refractivity contribution in [3.05, 3.63) is 118 Å². The molecule has 0 saturated carbocycles. The van der Waals surface area contributed by atoms with Gasteiger partial charge in [-0.25, -0.2) is 4.98 Å². The van der Waals surface area contributed by atoms with Crippen molar-refractivity contribution in [3.63, 3.8) is 0 Å². The molecular weight excluding hydrogens is 562 g/mol. The number of carboxylic acid groups (broad SMARTS) is 1. The van der Waals surface area contributed by atoms with E-state index in [1.165, 1.54) is 0 Å². The van der Waals surface area contributed by atoms with Crippen LogP contribution in [0, 0.1) is 13.8 Å². The van der Waals surface area contributed by atoms with Gasteiger partial charge in [0.1, 0.15) is 5.76 Å². The van der Waals surface area contributed by atoms with Gasteiger partial charge in [0.15, 0.2) is 0 Å². The highest BCUT2D eigenvalue weighted by Gasteiger charge is 2.28. The number of aliphatic carboxylic acids is 1. The molecule has 0 aliphatic heterocycles. The molecule has 2 heterocycles. The van der Waals surface area contributed by atoms with E-state index in [1.54, 1.807) is 0 Å². The number of carbonyl (C=O) groups excluding carboxylic acids is 1. The van der Waals surface area contributed by atoms with Gasteiger partial charge in [0.05, 0.1) is 28.9 Å². The van der Waals surface area contributed by atoms with Crippen LogP contribution in [-0.2, 0) is 4.79 Å². The second-order valence-electron chi connectivity index (χ2n) is 10.8. The summed E-state index contributed by atoms with van der Waals surface area (Å²) in [5.74, 6) is -0.411. The monoisotopic (exact) mass is 595 g/mol. The molecule has 7 nitrogen and oxygen atoms in total. The van der Waals surface area contributed by atoms with E-state index < -0.39 is 5.97 Å². The van der Waals surface area contributed by atoms with Crippen LogP contribution in [0.2, 0.25) is 5.02 Å². The summed E-state index contributed by atoms with van der Waals surface area (Å²) in [7, 11) is 0. The Morgan fingerprint density at radius 1 is 0.953 bits per heavy atom. The number of halogens is 1. The maximum atomic E-state index is 12.6. The number of pyridine rings is 1. The molecule has 2 atom stereocenters. The molecule has 1 amide bonds. The van der Waals surface area contributed by atoms with Crippen LogP contribution in [0.3, 0.4) is 0 Å². The molecule has 2 N–H and O–H groups in total. The van der Waals surface area contributed by atoms with Gasteiger partial charge in [0.25, 0.3) is 5.91 Å². The van der Waals surface area contributed by atoms with Crippen LogP contribution in [-0.4, -0.2) is 33.7 Å². The Morgan fingerprint density at radius 3 is 2.33 bits per heavy atom. The van der Waals surface area contributed by atoms with Gasteiger partial charge in [-0.1, -0.05) is 72.6 Å². The van der Waals surface area contributed by atoms with Crippen molar-refractivity contribution in [1.29, 1.82) is 0 Å². The molecule has 2 unspecified atom stereocenters. The molecule has 0 radical (unpaired) electrons. The molecule has 5 rings (SSSR count). The first-order valence-corrected chi connectivity index (χ1v) is 14.8. The number of nitrogens with zero attached hydrogens (tertiary/aromatic N) is 2. The third-order valence-electron chi connectivity index (χ3n) is 7.85. The summed E-state index contributed by atoms with van der Waals surface area (Å²) in [4.78, 5) is 28.5. The summed E-state index contributed by atoms with van der Waals surface area (Å²) in [6.45, 7) is 6.08. The minimum atomic E-state index is -0.949. The van der Waals surface area contributed by atoms with Crippen LogP contribution in [0.4, 0.5) is 0 Å². The third-order valence-corrected chi connectivity index (χ3v) is 8.10. The van der Waals surface area contributed by atoms with E-state index in [-0.39, 0.29) is 30.7 Å². The topological polar surface area (TPSA) is 105 Å². The van der Waals surface area contributed by atoms with E-state index in [1.807, 2.05) is 62.4 Å². The second kappa shape index (κ2) is 13.2. The highest BCUT2D eigenvalue weighted by Crippen LogP contribution is 2.44. The zero-order valence-electron chi connectivity index (χ0n) is 24.4. The Balaban J connectivity index is 1.57. The summed E-state index contributed by atoms with van der Waals surface area (Å²) in [5, 5.41) is 17.4. The van der Waals surface area contributed by atoms with E-state index in [0.29, 0.717) is 10.6 Å². The number of aryl methyl sites for hydroxylation is 2. The maximum Gasteiger partial charge on any atom is 0.305 e. The maximum absolute atomic E-state index is 12.6. The normalized spacial score (nSPS) is 12.7. The Labute approximate surface area is 255 Å². The first-order valence-electron chi connectivity index (χ1n) is 14.4. The van der Waals surface area contributed by atoms with Gasteiger partial charge in [-0.3, -0.25) is 9.59 Å². The Kier molecular flexibility index (Phi) is 9.22. The molecule has 3 aromatic carbocycles. The molecule has 43 heavy (non-hydrogen) atoms. The van der Waals surface area contributed by atoms with Crippen LogP contribution in [0.25, 0.3) is 22.2 Å². The zero-order valence-corrected chi connectivity index (χ0v) is 25.2. The molecule has 0 fully saturated rings. The van der Waals surface area contributed by atoms with Crippen molar-refractivity contribution in [2.45, 2.75) is 51.9 Å². The summed E-state index contributed by atoms with van der Waals surface area (Å²) >= 11 is 6.31. The Bertz CT molecular complexity index is 1730. The SMILES string of the molecule is CCCC(c1ccc(C(=O)NCCC(=O)O)cc1)C(c1ccc(Cl)cc1)c1cccc2nc(-c3c(C)noc3C)ccc12. The number of rotatable bonds is 11. The van der Waals surface area contributed by atoms with Crippen LogP contribution in [0.15, 0.2) is 83.4 Å². The molecule has 220 valence electrons. The lowest BCUT2D eigenvalue weighted by atomic mass is 9.74. The molecule has 2 aromatic heterocycles. The van der Waals surface area contributed by atoms with Crippen molar-refractivity contribution in [3.8, 4) is 11.3 Å². The molecule has 0 saturated heterocycles. The summed E-state index contributed by atoms with van der Waals surface area (Å²) in [6.07, 6.45) is 1.76. The van der Waals surface area contributed by atoms with Crippen LogP contribution >= 0.6 is 11.6 Å². The minimum absolute atomic E-state index is 0.0112. The summed E-state index contributed by atoms with van der Waals surface area (Å²) < 4.78 is 5.40. The fraction of sp³-hybridized carbons (Fsp3) is 0.257. The smallest absolute Gasteiger partial charge is 0.305 e. The quantitative estimate of drug-likeness (QED) is 0.160. The van der Waals surface area contributed by atoms with E-state index in [4.69, 9.17) is 26.2 Å². The first kappa shape index (κ1) is 30.0. The van der Waals surface area contributed by atoms with Crippen molar-refractivity contribution >= 4 is 34.4 Å². The van der Waals surface area contributed by atoms with Crippen molar-refractivity contribution in [2.75, 3.05) is 6.54 Å². The van der Waals surface area contributed by atoms with Gasteiger partial charge in [-0.15, -0.1) is 0 Å². The van der Waals surface area contributed by atoms with E-state index >= 15 is 0 Å². The number of amides is 1. The van der Waals surface area contributed by atoms with Gasteiger partial charge in [0.2, 0.25) is 0 Å². The molecule has 0 aliphatic carbocycles. The highest BCUT2D eigenvalue weighted by molar-refractivity contribution is 6.30. The Hall–Kier alpha value is -4.49. The van der Waals surface area contributed by atoms with Crippen molar-refractivity contribution < 1.29 is 19.2 Å². The standard InChI is InChI=1S/C35H34ClN3O4/c1-4-6-27(23-9-11-25(12-10-23)35(42)37-20-19-32(40)41)34(24-13-15-26(36)16-14-24)29-7-5-8-30-28(29)17-18-31(38-30)33-21(2)39-43-22(33)3/h5,7-18,27,34H,4,6,19-20H2,1-3H3,(H,37,42)(H,40,41). The molecule has 0 spiro atoms. The molecule has 5 aromatic rings. The van der Waals surface area contributed by atoms with Gasteiger partial charge in [-0.05, 0) is 79.3 Å². The van der Waals surface area contributed by atoms with Gasteiger partial charge in [-0.2, -0.15) is 0 Å². The predicted molar refractivity (Wildman–Crippen MR) is 169 cm³/mol. The average Bonchev–Trinajstić information content (AvgIpc) is 3.34. The van der Waals surface area contributed by atoms with Crippen LogP contribution in [0.1, 0.15) is 76.5 Å². The lowest BCUT2D eigenvalue weighted by Crippen LogP contribution is -2.26. The minimum Gasteiger partial charge on any atom is -0.481 e. The fourth-order valence-electron chi connectivity index (χ4n) is 5.84. The number of hydrogen-bond donors (Lipinski definition) is 2. The van der Waals surface area contributed by atoms with Gasteiger partial charge in [0, 0.05) is 28.4 Å². The number of hydrogen-bond acceptors (Lipinski definition) is 5. The van der Waals surface area contributed by atoms with Crippen molar-refractivity contribution in [2.24, 2.45) is 0 Å². The summed E-state index contributed by atoms with van der Waals surface area (Å²) in [5.41, 5.74) is 7.34. The predicted octanol–water partition coefficient (Wildman–Crippen LogP) is 8.08. The molecule has 8 heteroatoms. The van der Waals surface area contributed by atoms with Crippen LogP contribution < -0.4 is 5.32 Å². The number of nitrogens with one attached hydrogen (secondary N) is 1. The first-order chi connectivity index (χ1) is 20.8. The highest BCUT2D eigenvalue weighted by atomic mass is 35.5. The fourth-order valence-corrected chi connectivity index (χ4v) is 5.97. The number of aromatic nitrogens is 2. The van der Waals surface area contributed by atoms with E-state index in [0.717, 1.165) is 63.1 Å². The number of carbonyl (C=O) groups is 2. The Morgan fingerprint density at radius 2 is 1.67 bits per heavy atom. The second-order valence-corrected chi connectivity index (χ2v) is 11.2. The summed E-state index contributed by atoms with van der Waals surface area (Å²) in [6, 6.07) is 26.1. The average molecular weight is 596 g/mol. The van der Waals surface area contributed by atoms with E-state index in [9.17, 15) is 9.59 Å². The number of fused-ring (bicyclic) bond motifs is 1. The number of carboxylic acids is 1. The van der Waals surface area contributed by atoms with E-state index in [2.05, 4.69) is 47.7 Å². The zero-order chi connectivity index (χ0) is 30.5. The van der Waals surface area contributed by atoms with Gasteiger partial charge < -0.3 is 14.9 Å². The van der Waals surface area contributed by atoms with Gasteiger partial charge >= 0.3 is 5.97 Å². The van der Waals surface area contributed by atoms with Crippen molar-refractivity contribution in [1.82, 2.24) is 15.5 Å². The largest absolute Gasteiger partial charge is 0.481 e. The molecule has 0 bridgehead atoms. The lowest BCUT2D eigenvalue weighted by Gasteiger charge is -2.30. The molecular formula is C35H34ClN3O4. The molecule has 0 aliphatic rings.